The molecule has 2 aliphatic carbocycles. The molecule has 178 valence electrons. The van der Waals surface area contributed by atoms with Gasteiger partial charge < -0.3 is 4.90 Å². The molecule has 4 nitrogen and oxygen atoms in total. The molecule has 0 spiro atoms. The van der Waals surface area contributed by atoms with Gasteiger partial charge in [-0.1, -0.05) is 50.0 Å². The Hall–Kier alpha value is -1.56. The Kier molecular flexibility index (Phi) is 6.16. The average Bonchev–Trinajstić information content (AvgIpc) is 3.34. The minimum absolute atomic E-state index is 0.0299. The summed E-state index contributed by atoms with van der Waals surface area (Å²) in [6.07, 6.45) is 2.27. The van der Waals surface area contributed by atoms with Gasteiger partial charge in [-0.05, 0) is 86.9 Å². The standard InChI is InChI=1S/C26H31Cl2NO3S/c1-16(2)29(24(30)25(3,4)5)23-11-6-19(13-22(23)28)26(14-17-12-18(17)15-26)33(31,32)21-9-7-20(27)8-10-21/h6-11,13,16-18H,12,14-15H2,1-5H3. The third-order valence-corrected chi connectivity index (χ3v) is 10.0. The highest BCUT2D eigenvalue weighted by molar-refractivity contribution is 7.92. The third kappa shape index (κ3) is 4.21. The quantitative estimate of drug-likeness (QED) is 0.443. The first kappa shape index (κ1) is 24.6. The van der Waals surface area contributed by atoms with Crippen LogP contribution in [0.2, 0.25) is 10.0 Å². The van der Waals surface area contributed by atoms with Gasteiger partial charge in [0, 0.05) is 16.5 Å². The molecule has 33 heavy (non-hydrogen) atoms. The lowest BCUT2D eigenvalue weighted by atomic mass is 9.91. The highest BCUT2D eigenvalue weighted by Gasteiger charge is 2.61. The number of hydrogen-bond acceptors (Lipinski definition) is 3. The normalized spacial score (nSPS) is 24.6. The molecule has 2 aromatic carbocycles. The van der Waals surface area contributed by atoms with Gasteiger partial charge in [0.15, 0.2) is 9.84 Å². The zero-order valence-corrected chi connectivity index (χ0v) is 22.1. The second-order valence-electron chi connectivity index (χ2n) is 10.8. The zero-order chi connectivity index (χ0) is 24.3. The number of fused-ring (bicyclic) bond motifs is 1. The Morgan fingerprint density at radius 1 is 1.03 bits per heavy atom. The molecule has 0 aliphatic heterocycles. The first-order chi connectivity index (χ1) is 15.3. The van der Waals surface area contributed by atoms with Crippen molar-refractivity contribution in [2.24, 2.45) is 17.3 Å². The predicted octanol–water partition coefficient (Wildman–Crippen LogP) is 6.88. The van der Waals surface area contributed by atoms with Crippen LogP contribution in [0.5, 0.6) is 0 Å². The van der Waals surface area contributed by atoms with Crippen molar-refractivity contribution in [1.29, 1.82) is 0 Å². The van der Waals surface area contributed by atoms with Gasteiger partial charge in [-0.3, -0.25) is 4.79 Å². The zero-order valence-electron chi connectivity index (χ0n) is 19.7. The fraction of sp³-hybridized carbons (Fsp3) is 0.500. The van der Waals surface area contributed by atoms with Gasteiger partial charge in [-0.2, -0.15) is 0 Å². The number of anilines is 1. The highest BCUT2D eigenvalue weighted by Crippen LogP contribution is 2.63. The van der Waals surface area contributed by atoms with Crippen LogP contribution in [0.3, 0.4) is 0 Å². The van der Waals surface area contributed by atoms with Crippen molar-refractivity contribution in [2.45, 2.75) is 69.6 Å². The fourth-order valence-electron chi connectivity index (χ4n) is 5.16. The van der Waals surface area contributed by atoms with Crippen molar-refractivity contribution in [3.8, 4) is 0 Å². The molecule has 0 radical (unpaired) electrons. The molecule has 0 bridgehead atoms. The second kappa shape index (κ2) is 8.28. The lowest BCUT2D eigenvalue weighted by Crippen LogP contribution is -2.44. The number of benzene rings is 2. The molecule has 2 atom stereocenters. The summed E-state index contributed by atoms with van der Waals surface area (Å²) in [5.74, 6) is 0.832. The molecule has 4 rings (SSSR count). The van der Waals surface area contributed by atoms with E-state index in [0.717, 1.165) is 6.42 Å². The first-order valence-corrected chi connectivity index (χ1v) is 13.7. The van der Waals surface area contributed by atoms with E-state index in [9.17, 15) is 13.2 Å². The number of rotatable bonds is 5. The van der Waals surface area contributed by atoms with E-state index in [2.05, 4.69) is 0 Å². The second-order valence-corrected chi connectivity index (χ2v) is 13.9. The number of carbonyl (C=O) groups excluding carboxylic acids is 1. The Balaban J connectivity index is 1.80. The maximum atomic E-state index is 14.0. The van der Waals surface area contributed by atoms with Gasteiger partial charge >= 0.3 is 0 Å². The molecule has 0 heterocycles. The molecule has 1 amide bonds. The maximum Gasteiger partial charge on any atom is 0.232 e. The maximum absolute atomic E-state index is 14.0. The molecule has 2 aliphatic rings. The number of carbonyl (C=O) groups is 1. The van der Waals surface area contributed by atoms with E-state index in [1.807, 2.05) is 46.8 Å². The van der Waals surface area contributed by atoms with Crippen molar-refractivity contribution in [3.63, 3.8) is 0 Å². The van der Waals surface area contributed by atoms with Crippen LogP contribution in [-0.4, -0.2) is 20.4 Å². The van der Waals surface area contributed by atoms with E-state index < -0.39 is 20.0 Å². The topological polar surface area (TPSA) is 54.5 Å². The first-order valence-electron chi connectivity index (χ1n) is 11.4. The van der Waals surface area contributed by atoms with E-state index in [4.69, 9.17) is 23.2 Å². The fourth-order valence-corrected chi connectivity index (χ4v) is 7.81. The van der Waals surface area contributed by atoms with E-state index in [1.54, 1.807) is 35.2 Å². The van der Waals surface area contributed by atoms with Crippen molar-refractivity contribution >= 4 is 44.6 Å². The molecule has 2 saturated carbocycles. The largest absolute Gasteiger partial charge is 0.308 e. The Labute approximate surface area is 207 Å². The molecule has 0 saturated heterocycles. The number of sulfone groups is 1. The summed E-state index contributed by atoms with van der Waals surface area (Å²) in [6, 6.07) is 11.7. The van der Waals surface area contributed by atoms with Crippen LogP contribution in [-0.2, 0) is 19.4 Å². The van der Waals surface area contributed by atoms with E-state index in [0.29, 0.717) is 46.0 Å². The average molecular weight is 509 g/mol. The Morgan fingerprint density at radius 3 is 2.09 bits per heavy atom. The number of nitrogens with zero attached hydrogens (tertiary/aromatic N) is 1. The van der Waals surface area contributed by atoms with Crippen molar-refractivity contribution in [1.82, 2.24) is 0 Å². The van der Waals surface area contributed by atoms with Crippen molar-refractivity contribution < 1.29 is 13.2 Å². The summed E-state index contributed by atoms with van der Waals surface area (Å²) in [5, 5.41) is 0.895. The van der Waals surface area contributed by atoms with Crippen LogP contribution in [0.4, 0.5) is 5.69 Å². The molecule has 0 aromatic heterocycles. The summed E-state index contributed by atoms with van der Waals surface area (Å²) in [7, 11) is -3.68. The third-order valence-electron chi connectivity index (χ3n) is 7.00. The summed E-state index contributed by atoms with van der Waals surface area (Å²) in [6.45, 7) is 9.54. The van der Waals surface area contributed by atoms with Gasteiger partial charge in [0.05, 0.1) is 15.6 Å². The molecule has 2 aromatic rings. The minimum atomic E-state index is -3.68. The van der Waals surface area contributed by atoms with E-state index >= 15 is 0 Å². The van der Waals surface area contributed by atoms with Crippen LogP contribution in [0.25, 0.3) is 0 Å². The lowest BCUT2D eigenvalue weighted by Gasteiger charge is -2.35. The van der Waals surface area contributed by atoms with Gasteiger partial charge in [-0.25, -0.2) is 8.42 Å². The van der Waals surface area contributed by atoms with Gasteiger partial charge in [0.1, 0.15) is 4.75 Å². The van der Waals surface area contributed by atoms with E-state index in [-0.39, 0.29) is 16.8 Å². The van der Waals surface area contributed by atoms with Crippen LogP contribution < -0.4 is 4.90 Å². The lowest BCUT2D eigenvalue weighted by molar-refractivity contribution is -0.126. The summed E-state index contributed by atoms with van der Waals surface area (Å²) in [5.41, 5.74) is 0.737. The molecule has 2 fully saturated rings. The SMILES string of the molecule is CC(C)N(C(=O)C(C)(C)C)c1ccc(C2(S(=O)(=O)c3ccc(Cl)cc3)CC3CC3C2)cc1Cl. The predicted molar refractivity (Wildman–Crippen MR) is 135 cm³/mol. The Bertz CT molecular complexity index is 1170. The summed E-state index contributed by atoms with van der Waals surface area (Å²) < 4.78 is 26.9. The minimum Gasteiger partial charge on any atom is -0.308 e. The van der Waals surface area contributed by atoms with Gasteiger partial charge in [-0.15, -0.1) is 0 Å². The van der Waals surface area contributed by atoms with Crippen LogP contribution in [0.15, 0.2) is 47.4 Å². The molecule has 2 unspecified atom stereocenters. The summed E-state index contributed by atoms with van der Waals surface area (Å²) >= 11 is 12.8. The smallest absolute Gasteiger partial charge is 0.232 e. The molecule has 7 heteroatoms. The summed E-state index contributed by atoms with van der Waals surface area (Å²) in [4.78, 5) is 15.1. The number of halogens is 2. The van der Waals surface area contributed by atoms with Crippen molar-refractivity contribution in [3.05, 3.63) is 58.1 Å². The molecular weight excluding hydrogens is 477 g/mol. The monoisotopic (exact) mass is 507 g/mol. The van der Waals surface area contributed by atoms with E-state index in [1.165, 1.54) is 0 Å². The molecular formula is C26H31Cl2NO3S. The Morgan fingerprint density at radius 2 is 1.61 bits per heavy atom. The van der Waals surface area contributed by atoms with Crippen molar-refractivity contribution in [2.75, 3.05) is 4.90 Å². The number of amides is 1. The van der Waals surface area contributed by atoms with Crippen LogP contribution in [0, 0.1) is 17.3 Å². The van der Waals surface area contributed by atoms with Crippen LogP contribution in [0.1, 0.15) is 59.4 Å². The molecule has 0 N–H and O–H groups in total. The van der Waals surface area contributed by atoms with Crippen LogP contribution >= 0.6 is 23.2 Å². The highest BCUT2D eigenvalue weighted by atomic mass is 35.5. The van der Waals surface area contributed by atoms with Gasteiger partial charge in [0.25, 0.3) is 0 Å². The number of hydrogen-bond donors (Lipinski definition) is 0. The van der Waals surface area contributed by atoms with Gasteiger partial charge in [0.2, 0.25) is 5.91 Å².